The summed E-state index contributed by atoms with van der Waals surface area (Å²) in [5.41, 5.74) is 2.62. The molecule has 2 aliphatic rings. The smallest absolute Gasteiger partial charge is 0.247 e. The molecule has 0 spiro atoms. The van der Waals surface area contributed by atoms with E-state index in [1.807, 2.05) is 6.92 Å². The third-order valence-electron chi connectivity index (χ3n) is 5.91. The first kappa shape index (κ1) is 22.8. The highest BCUT2D eigenvalue weighted by Gasteiger charge is 2.38. The highest BCUT2D eigenvalue weighted by Crippen LogP contribution is 2.36. The van der Waals surface area contributed by atoms with Crippen LogP contribution >= 0.6 is 0 Å². The topological polar surface area (TPSA) is 75.9 Å². The van der Waals surface area contributed by atoms with E-state index in [0.29, 0.717) is 24.4 Å². The summed E-state index contributed by atoms with van der Waals surface area (Å²) < 4.78 is 41.5. The summed E-state index contributed by atoms with van der Waals surface area (Å²) in [6.07, 6.45) is 6.44. The van der Waals surface area contributed by atoms with Gasteiger partial charge in [-0.15, -0.1) is 0 Å². The zero-order valence-corrected chi connectivity index (χ0v) is 17.4. The van der Waals surface area contributed by atoms with Crippen LogP contribution in [0.25, 0.3) is 0 Å². The number of fused-ring (bicyclic) bond motifs is 3. The number of aromatic nitrogens is 4. The summed E-state index contributed by atoms with van der Waals surface area (Å²) in [7, 11) is 0. The molecule has 0 aliphatic carbocycles. The lowest BCUT2D eigenvalue weighted by Crippen LogP contribution is -2.45. The van der Waals surface area contributed by atoms with Gasteiger partial charge in [-0.25, -0.2) is 23.1 Å². The number of carbonyl (C=O) groups is 1. The van der Waals surface area contributed by atoms with Crippen molar-refractivity contribution in [1.82, 2.24) is 19.7 Å². The maximum atomic E-state index is 13.4. The number of anilines is 2. The van der Waals surface area contributed by atoms with E-state index in [0.717, 1.165) is 48.6 Å². The molecule has 5 rings (SSSR count). The second kappa shape index (κ2) is 8.84. The molecule has 0 saturated carbocycles. The second-order valence-corrected chi connectivity index (χ2v) is 8.18. The SMILES string of the molecule is C.Cc1nc(CCc2cnn(Cc3cc(F)c(F)c(F)c3)c2)nc2c1NC(=O)[C@@H]1CCCN21. The number of hydrogen-bond donors (Lipinski definition) is 1. The van der Waals surface area contributed by atoms with Crippen LogP contribution in [0.1, 0.15) is 42.9 Å². The predicted octanol–water partition coefficient (Wildman–Crippen LogP) is 3.79. The van der Waals surface area contributed by atoms with Crippen LogP contribution in [0.4, 0.5) is 24.7 Å². The Hall–Kier alpha value is -3.43. The van der Waals surface area contributed by atoms with Crippen LogP contribution < -0.4 is 10.2 Å². The molecule has 1 N–H and O–H groups in total. The van der Waals surface area contributed by atoms with Crippen LogP contribution in [0, 0.1) is 24.4 Å². The number of halogens is 3. The Morgan fingerprint density at radius 2 is 1.88 bits per heavy atom. The quantitative estimate of drug-likeness (QED) is 0.589. The Bertz CT molecular complexity index is 1190. The summed E-state index contributed by atoms with van der Waals surface area (Å²) >= 11 is 0. The maximum Gasteiger partial charge on any atom is 0.247 e. The van der Waals surface area contributed by atoms with Crippen molar-refractivity contribution in [2.45, 2.75) is 52.6 Å². The molecule has 7 nitrogen and oxygen atoms in total. The van der Waals surface area contributed by atoms with Crippen molar-refractivity contribution in [2.75, 3.05) is 16.8 Å². The van der Waals surface area contributed by atoms with Crippen molar-refractivity contribution in [3.63, 3.8) is 0 Å². The lowest BCUT2D eigenvalue weighted by molar-refractivity contribution is -0.117. The third kappa shape index (κ3) is 4.29. The zero-order valence-electron chi connectivity index (χ0n) is 17.4. The van der Waals surface area contributed by atoms with Gasteiger partial charge in [0, 0.05) is 19.2 Å². The first-order valence-electron chi connectivity index (χ1n) is 10.5. The number of carbonyl (C=O) groups excluding carboxylic acids is 1. The van der Waals surface area contributed by atoms with E-state index in [4.69, 9.17) is 4.98 Å². The monoisotopic (exact) mass is 458 g/mol. The minimum Gasteiger partial charge on any atom is -0.343 e. The number of hydrogen-bond acceptors (Lipinski definition) is 5. The largest absolute Gasteiger partial charge is 0.343 e. The molecule has 174 valence electrons. The fourth-order valence-corrected chi connectivity index (χ4v) is 4.34. The van der Waals surface area contributed by atoms with Gasteiger partial charge in [0.15, 0.2) is 23.3 Å². The van der Waals surface area contributed by atoms with Gasteiger partial charge in [-0.1, -0.05) is 7.43 Å². The van der Waals surface area contributed by atoms with Gasteiger partial charge in [-0.3, -0.25) is 9.48 Å². The van der Waals surface area contributed by atoms with Crippen LogP contribution in [-0.4, -0.2) is 38.2 Å². The van der Waals surface area contributed by atoms with Crippen molar-refractivity contribution < 1.29 is 18.0 Å². The van der Waals surface area contributed by atoms with Crippen molar-refractivity contribution in [3.05, 3.63) is 64.6 Å². The van der Waals surface area contributed by atoms with E-state index >= 15 is 0 Å². The zero-order chi connectivity index (χ0) is 22.4. The molecule has 0 unspecified atom stereocenters. The summed E-state index contributed by atoms with van der Waals surface area (Å²) in [6, 6.07) is 1.77. The van der Waals surface area contributed by atoms with Gasteiger partial charge < -0.3 is 10.2 Å². The molecule has 0 radical (unpaired) electrons. The van der Waals surface area contributed by atoms with Crippen LogP contribution in [0.3, 0.4) is 0 Å². The van der Waals surface area contributed by atoms with Crippen molar-refractivity contribution in [1.29, 1.82) is 0 Å². The van der Waals surface area contributed by atoms with Crippen LogP contribution in [0.2, 0.25) is 0 Å². The molecule has 2 aliphatic heterocycles. The minimum absolute atomic E-state index is 0. The summed E-state index contributed by atoms with van der Waals surface area (Å²) in [4.78, 5) is 23.6. The van der Waals surface area contributed by atoms with Gasteiger partial charge in [-0.05, 0) is 49.4 Å². The van der Waals surface area contributed by atoms with E-state index in [1.54, 1.807) is 17.1 Å². The normalized spacial score (nSPS) is 16.8. The number of nitrogens with one attached hydrogen (secondary N) is 1. The van der Waals surface area contributed by atoms with E-state index < -0.39 is 17.5 Å². The van der Waals surface area contributed by atoms with E-state index in [2.05, 4.69) is 20.3 Å². The maximum absolute atomic E-state index is 13.4. The van der Waals surface area contributed by atoms with E-state index in [1.165, 1.54) is 0 Å². The number of benzene rings is 1. The number of rotatable bonds is 5. The average molecular weight is 458 g/mol. The molecule has 1 atom stereocenters. The van der Waals surface area contributed by atoms with Gasteiger partial charge in [0.2, 0.25) is 5.91 Å². The van der Waals surface area contributed by atoms with Gasteiger partial charge >= 0.3 is 0 Å². The molecule has 4 heterocycles. The van der Waals surface area contributed by atoms with E-state index in [-0.39, 0.29) is 31.5 Å². The first-order chi connectivity index (χ1) is 15.4. The number of amides is 1. The molecule has 10 heteroatoms. The Labute approximate surface area is 189 Å². The Kier molecular flexibility index (Phi) is 6.09. The fraction of sp³-hybridized carbons (Fsp3) is 0.391. The molecule has 1 fully saturated rings. The highest BCUT2D eigenvalue weighted by atomic mass is 19.2. The molecule has 0 bridgehead atoms. The molecule has 1 aromatic carbocycles. The number of nitrogens with zero attached hydrogens (tertiary/aromatic N) is 5. The molecule has 2 aromatic heterocycles. The fourth-order valence-electron chi connectivity index (χ4n) is 4.34. The summed E-state index contributed by atoms with van der Waals surface area (Å²) in [5, 5.41) is 7.17. The second-order valence-electron chi connectivity index (χ2n) is 8.18. The van der Waals surface area contributed by atoms with Crippen LogP contribution in [0.15, 0.2) is 24.5 Å². The highest BCUT2D eigenvalue weighted by molar-refractivity contribution is 6.03. The Balaban J connectivity index is 0.00000259. The summed E-state index contributed by atoms with van der Waals surface area (Å²) in [5.74, 6) is -2.45. The Morgan fingerprint density at radius 3 is 2.64 bits per heavy atom. The lowest BCUT2D eigenvalue weighted by atomic mass is 10.1. The Morgan fingerprint density at radius 1 is 1.12 bits per heavy atom. The first-order valence-corrected chi connectivity index (χ1v) is 10.5. The van der Waals surface area contributed by atoms with Crippen molar-refractivity contribution >= 4 is 17.4 Å². The minimum atomic E-state index is -1.48. The molecule has 3 aromatic rings. The third-order valence-corrected chi connectivity index (χ3v) is 5.91. The predicted molar refractivity (Wildman–Crippen MR) is 118 cm³/mol. The molecule has 33 heavy (non-hydrogen) atoms. The van der Waals surface area contributed by atoms with E-state index in [9.17, 15) is 18.0 Å². The van der Waals surface area contributed by atoms with Crippen molar-refractivity contribution in [2.24, 2.45) is 0 Å². The number of aryl methyl sites for hydroxylation is 3. The average Bonchev–Trinajstić information content (AvgIpc) is 3.42. The molecular weight excluding hydrogens is 433 g/mol. The van der Waals surface area contributed by atoms with Crippen LogP contribution in [0.5, 0.6) is 0 Å². The summed E-state index contributed by atoms with van der Waals surface area (Å²) in [6.45, 7) is 2.79. The molecule has 1 saturated heterocycles. The van der Waals surface area contributed by atoms with Crippen molar-refractivity contribution in [3.8, 4) is 0 Å². The van der Waals surface area contributed by atoms with Crippen LogP contribution in [-0.2, 0) is 24.2 Å². The standard InChI is InChI=1S/C22H21F3N6O.CH4/c1-12-20-21(31-6-2-3-17(31)22(32)29-20)28-18(27-12)5-4-13-9-26-30(10-13)11-14-7-15(23)19(25)16(24)8-14;/h7-10,17H,2-6,11H2,1H3,(H,29,32);1H4/t17-;/m0./s1. The lowest BCUT2D eigenvalue weighted by Gasteiger charge is -2.32. The molecule has 1 amide bonds. The van der Waals surface area contributed by atoms with Gasteiger partial charge in [0.25, 0.3) is 0 Å². The van der Waals surface area contributed by atoms with Gasteiger partial charge in [-0.2, -0.15) is 5.10 Å². The van der Waals surface area contributed by atoms with Gasteiger partial charge in [0.1, 0.15) is 17.6 Å². The van der Waals surface area contributed by atoms with Gasteiger partial charge in [0.05, 0.1) is 18.4 Å². The molecular formula is C23H25F3N6O.